The van der Waals surface area contributed by atoms with Crippen LogP contribution < -0.4 is 19.8 Å². The van der Waals surface area contributed by atoms with Crippen LogP contribution in [0.25, 0.3) is 22.1 Å². The van der Waals surface area contributed by atoms with Gasteiger partial charge in [0.15, 0.2) is 18.1 Å². The second kappa shape index (κ2) is 8.49. The number of hydrogen-bond acceptors (Lipinski definition) is 7. The summed E-state index contributed by atoms with van der Waals surface area (Å²) in [6.45, 7) is 5.11. The van der Waals surface area contributed by atoms with Crippen molar-refractivity contribution in [1.82, 2.24) is 0 Å². The molecule has 0 aliphatic rings. The molecule has 0 N–H and O–H groups in total. The Balaban J connectivity index is 1.86. The molecule has 0 atom stereocenters. The molecule has 1 aromatic heterocycles. The molecule has 0 saturated carbocycles. The Morgan fingerprint density at radius 1 is 0.967 bits per heavy atom. The Morgan fingerprint density at radius 2 is 1.70 bits per heavy atom. The van der Waals surface area contributed by atoms with Crippen LogP contribution in [-0.4, -0.2) is 32.4 Å². The van der Waals surface area contributed by atoms with E-state index in [1.54, 1.807) is 70.3 Å². The van der Waals surface area contributed by atoms with Crippen LogP contribution in [0.1, 0.15) is 20.8 Å². The minimum Gasteiger partial charge on any atom is -0.493 e. The van der Waals surface area contributed by atoms with Crippen molar-refractivity contribution in [3.63, 3.8) is 0 Å². The number of rotatable bonds is 6. The monoisotopic (exact) mass is 412 g/mol. The molecule has 0 amide bonds. The van der Waals surface area contributed by atoms with Gasteiger partial charge in [0.05, 0.1) is 19.8 Å². The summed E-state index contributed by atoms with van der Waals surface area (Å²) in [5.41, 5.74) is 0.307. The van der Waals surface area contributed by atoms with Gasteiger partial charge >= 0.3 is 11.6 Å². The molecule has 7 nitrogen and oxygen atoms in total. The van der Waals surface area contributed by atoms with E-state index in [9.17, 15) is 9.59 Å². The molecule has 0 spiro atoms. The fourth-order valence-electron chi connectivity index (χ4n) is 2.90. The van der Waals surface area contributed by atoms with E-state index in [-0.39, 0.29) is 6.61 Å². The van der Waals surface area contributed by atoms with Crippen molar-refractivity contribution in [3.05, 3.63) is 52.9 Å². The molecule has 2 aromatic carbocycles. The summed E-state index contributed by atoms with van der Waals surface area (Å²) in [5.74, 6) is 1.00. The van der Waals surface area contributed by atoms with Gasteiger partial charge in [-0.1, -0.05) is 6.07 Å². The lowest BCUT2D eigenvalue weighted by molar-refractivity contribution is -0.157. The molecule has 0 aliphatic carbocycles. The standard InChI is InChI=1S/C23H24O7/c1-23(2,3)30-21(24)13-28-16-8-6-15-10-17(22(25)29-19(15)12-16)14-7-9-18(26-4)20(11-14)27-5/h6-12H,13H2,1-5H3. The summed E-state index contributed by atoms with van der Waals surface area (Å²) in [4.78, 5) is 24.4. The van der Waals surface area contributed by atoms with Gasteiger partial charge in [-0.15, -0.1) is 0 Å². The number of fused-ring (bicyclic) bond motifs is 1. The number of methoxy groups -OCH3 is 2. The maximum Gasteiger partial charge on any atom is 0.344 e. The van der Waals surface area contributed by atoms with E-state index in [1.807, 2.05) is 0 Å². The molecule has 0 radical (unpaired) electrons. The van der Waals surface area contributed by atoms with Crippen LogP contribution in [-0.2, 0) is 9.53 Å². The largest absolute Gasteiger partial charge is 0.493 e. The Labute approximate surface area is 174 Å². The minimum atomic E-state index is -0.586. The van der Waals surface area contributed by atoms with E-state index in [2.05, 4.69) is 0 Å². The van der Waals surface area contributed by atoms with E-state index in [0.29, 0.717) is 39.3 Å². The third-order valence-corrected chi connectivity index (χ3v) is 4.18. The molecule has 0 bridgehead atoms. The van der Waals surface area contributed by atoms with Crippen LogP contribution in [0.5, 0.6) is 17.2 Å². The maximum absolute atomic E-state index is 12.6. The summed E-state index contributed by atoms with van der Waals surface area (Å²) >= 11 is 0. The summed E-state index contributed by atoms with van der Waals surface area (Å²) < 4.78 is 26.7. The van der Waals surface area contributed by atoms with Gasteiger partial charge < -0.3 is 23.4 Å². The third kappa shape index (κ3) is 4.92. The van der Waals surface area contributed by atoms with Gasteiger partial charge in [-0.25, -0.2) is 9.59 Å². The average molecular weight is 412 g/mol. The minimum absolute atomic E-state index is 0.239. The molecule has 158 valence electrons. The number of hydrogen-bond donors (Lipinski definition) is 0. The first kappa shape index (κ1) is 21.2. The first-order chi connectivity index (χ1) is 14.2. The first-order valence-electron chi connectivity index (χ1n) is 9.35. The zero-order valence-corrected chi connectivity index (χ0v) is 17.6. The number of carbonyl (C=O) groups excluding carboxylic acids is 1. The van der Waals surface area contributed by atoms with Crippen molar-refractivity contribution >= 4 is 16.9 Å². The molecule has 0 fully saturated rings. The van der Waals surface area contributed by atoms with Crippen LogP contribution in [0.2, 0.25) is 0 Å². The van der Waals surface area contributed by atoms with Crippen molar-refractivity contribution in [3.8, 4) is 28.4 Å². The molecule has 1 heterocycles. The lowest BCUT2D eigenvalue weighted by Crippen LogP contribution is -2.27. The average Bonchev–Trinajstić information content (AvgIpc) is 2.69. The first-order valence-corrected chi connectivity index (χ1v) is 9.35. The van der Waals surface area contributed by atoms with Crippen molar-refractivity contribution in [1.29, 1.82) is 0 Å². The van der Waals surface area contributed by atoms with Gasteiger partial charge in [0.1, 0.15) is 16.9 Å². The number of benzene rings is 2. The van der Waals surface area contributed by atoms with Crippen LogP contribution >= 0.6 is 0 Å². The van der Waals surface area contributed by atoms with Crippen LogP contribution in [0.4, 0.5) is 0 Å². The molecule has 3 rings (SSSR count). The second-order valence-corrected chi connectivity index (χ2v) is 7.59. The predicted octanol–water partition coefficient (Wildman–Crippen LogP) is 4.20. The lowest BCUT2D eigenvalue weighted by Gasteiger charge is -2.19. The Hall–Kier alpha value is -3.48. The van der Waals surface area contributed by atoms with Gasteiger partial charge in [-0.05, 0) is 56.7 Å². The highest BCUT2D eigenvalue weighted by Crippen LogP contribution is 2.32. The van der Waals surface area contributed by atoms with Crippen LogP contribution in [0, 0.1) is 0 Å². The van der Waals surface area contributed by atoms with Gasteiger partial charge in [-0.3, -0.25) is 0 Å². The summed E-state index contributed by atoms with van der Waals surface area (Å²) in [5, 5.41) is 0.712. The number of ether oxygens (including phenoxy) is 4. The molecule has 0 aliphatic heterocycles. The van der Waals surface area contributed by atoms with Crippen molar-refractivity contribution in [2.75, 3.05) is 20.8 Å². The quantitative estimate of drug-likeness (QED) is 0.443. The van der Waals surface area contributed by atoms with Crippen molar-refractivity contribution < 1.29 is 28.2 Å². The van der Waals surface area contributed by atoms with E-state index in [4.69, 9.17) is 23.4 Å². The smallest absolute Gasteiger partial charge is 0.344 e. The number of esters is 1. The highest BCUT2D eigenvalue weighted by atomic mass is 16.6. The van der Waals surface area contributed by atoms with Crippen molar-refractivity contribution in [2.45, 2.75) is 26.4 Å². The Bertz CT molecular complexity index is 1120. The molecule has 7 heteroatoms. The molecule has 0 unspecified atom stereocenters. The van der Waals surface area contributed by atoms with Crippen LogP contribution in [0.15, 0.2) is 51.7 Å². The predicted molar refractivity (Wildman–Crippen MR) is 112 cm³/mol. The van der Waals surface area contributed by atoms with E-state index in [1.165, 1.54) is 7.11 Å². The lowest BCUT2D eigenvalue weighted by atomic mass is 10.1. The normalized spacial score (nSPS) is 11.2. The van der Waals surface area contributed by atoms with Crippen LogP contribution in [0.3, 0.4) is 0 Å². The van der Waals surface area contributed by atoms with Crippen molar-refractivity contribution in [2.24, 2.45) is 0 Å². The topological polar surface area (TPSA) is 84.2 Å². The number of carbonyl (C=O) groups is 1. The second-order valence-electron chi connectivity index (χ2n) is 7.59. The Morgan fingerprint density at radius 3 is 2.37 bits per heavy atom. The van der Waals surface area contributed by atoms with E-state index >= 15 is 0 Å². The summed E-state index contributed by atoms with van der Waals surface area (Å²) in [7, 11) is 3.08. The Kier molecular flexibility index (Phi) is 6.01. The highest BCUT2D eigenvalue weighted by Gasteiger charge is 2.17. The highest BCUT2D eigenvalue weighted by molar-refractivity contribution is 5.83. The zero-order valence-electron chi connectivity index (χ0n) is 17.6. The maximum atomic E-state index is 12.6. The fourth-order valence-corrected chi connectivity index (χ4v) is 2.90. The summed E-state index contributed by atoms with van der Waals surface area (Å²) in [6, 6.07) is 12.0. The fraction of sp³-hybridized carbons (Fsp3) is 0.304. The summed E-state index contributed by atoms with van der Waals surface area (Å²) in [6.07, 6.45) is 0. The zero-order chi connectivity index (χ0) is 21.9. The van der Waals surface area contributed by atoms with Gasteiger partial charge in [-0.2, -0.15) is 0 Å². The molecule has 0 saturated heterocycles. The van der Waals surface area contributed by atoms with Gasteiger partial charge in [0.2, 0.25) is 0 Å². The van der Waals surface area contributed by atoms with E-state index in [0.717, 1.165) is 0 Å². The molecular formula is C23H24O7. The van der Waals surface area contributed by atoms with Gasteiger partial charge in [0.25, 0.3) is 0 Å². The SMILES string of the molecule is COc1ccc(-c2cc3ccc(OCC(=O)OC(C)(C)C)cc3oc2=O)cc1OC. The molecule has 3 aromatic rings. The van der Waals surface area contributed by atoms with Gasteiger partial charge in [0, 0.05) is 11.5 Å². The van der Waals surface area contributed by atoms with E-state index < -0.39 is 17.2 Å². The molecule has 30 heavy (non-hydrogen) atoms. The third-order valence-electron chi connectivity index (χ3n) is 4.18. The molecular weight excluding hydrogens is 388 g/mol.